The molecule has 0 spiro atoms. The van der Waals surface area contributed by atoms with E-state index in [9.17, 15) is 9.18 Å². The number of aromatic nitrogens is 1. The van der Waals surface area contributed by atoms with E-state index in [0.29, 0.717) is 6.04 Å². The summed E-state index contributed by atoms with van der Waals surface area (Å²) in [7, 11) is 0. The van der Waals surface area contributed by atoms with E-state index < -0.39 is 5.91 Å². The number of carbonyl (C=O) groups is 1. The number of allylic oxidation sites excluding steroid dienone is 1. The van der Waals surface area contributed by atoms with Crippen LogP contribution in [0, 0.1) is 5.82 Å². The molecule has 0 saturated heterocycles. The Labute approximate surface area is 168 Å². The first-order valence-electron chi connectivity index (χ1n) is 9.79. The highest BCUT2D eigenvalue weighted by molar-refractivity contribution is 5.94. The highest BCUT2D eigenvalue weighted by Crippen LogP contribution is 2.33. The van der Waals surface area contributed by atoms with Gasteiger partial charge in [-0.1, -0.05) is 18.2 Å². The van der Waals surface area contributed by atoms with Gasteiger partial charge >= 0.3 is 0 Å². The molecule has 0 saturated carbocycles. The maximum Gasteiger partial charge on any atom is 0.267 e. The van der Waals surface area contributed by atoms with Crippen molar-refractivity contribution in [1.29, 1.82) is 0 Å². The number of hydroxylamine groups is 1. The van der Waals surface area contributed by atoms with Crippen molar-refractivity contribution in [3.8, 4) is 0 Å². The lowest BCUT2D eigenvalue weighted by Crippen LogP contribution is -2.21. The van der Waals surface area contributed by atoms with Gasteiger partial charge in [-0.15, -0.1) is 0 Å². The van der Waals surface area contributed by atoms with Crippen molar-refractivity contribution in [3.63, 3.8) is 0 Å². The summed E-state index contributed by atoms with van der Waals surface area (Å²) >= 11 is 0. The minimum Gasteiger partial charge on any atom is -0.361 e. The number of H-pyrrole nitrogens is 1. The molecule has 1 aliphatic rings. The molecule has 1 amide bonds. The minimum atomic E-state index is -0.525. The van der Waals surface area contributed by atoms with Crippen LogP contribution in [0.5, 0.6) is 0 Å². The van der Waals surface area contributed by atoms with Crippen molar-refractivity contribution >= 4 is 22.4 Å². The van der Waals surface area contributed by atoms with Gasteiger partial charge in [0.15, 0.2) is 0 Å². The number of halogens is 1. The normalized spacial score (nSPS) is 16.2. The highest BCUT2D eigenvalue weighted by atomic mass is 19.1. The van der Waals surface area contributed by atoms with E-state index in [1.165, 1.54) is 34.9 Å². The van der Waals surface area contributed by atoms with Gasteiger partial charge in [0.2, 0.25) is 0 Å². The molecule has 1 aliphatic carbocycles. The largest absolute Gasteiger partial charge is 0.361 e. The molecule has 1 atom stereocenters. The third-order valence-electron chi connectivity index (χ3n) is 5.65. The number of carbonyl (C=O) groups excluding carboxylic acids is 1. The average Bonchev–Trinajstić information content (AvgIpc) is 3.31. The minimum absolute atomic E-state index is 0.229. The fourth-order valence-electron chi connectivity index (χ4n) is 4.13. The van der Waals surface area contributed by atoms with Crippen molar-refractivity contribution in [2.24, 2.45) is 0 Å². The molecule has 4 N–H and O–H groups in total. The number of hydrogen-bond acceptors (Lipinski definition) is 3. The first-order valence-corrected chi connectivity index (χ1v) is 9.79. The maximum atomic E-state index is 13.3. The summed E-state index contributed by atoms with van der Waals surface area (Å²) < 4.78 is 13.3. The van der Waals surface area contributed by atoms with Gasteiger partial charge in [-0.05, 0) is 78.8 Å². The predicted molar refractivity (Wildman–Crippen MR) is 111 cm³/mol. The van der Waals surface area contributed by atoms with Crippen molar-refractivity contribution in [1.82, 2.24) is 15.8 Å². The molecule has 1 heterocycles. The summed E-state index contributed by atoms with van der Waals surface area (Å²) in [5.41, 5.74) is 8.03. The molecule has 1 aromatic heterocycles. The number of aromatic amines is 1. The molecule has 29 heavy (non-hydrogen) atoms. The third-order valence-corrected chi connectivity index (χ3v) is 5.65. The zero-order chi connectivity index (χ0) is 20.4. The second kappa shape index (κ2) is 8.19. The van der Waals surface area contributed by atoms with Gasteiger partial charge in [-0.2, -0.15) is 0 Å². The number of aryl methyl sites for hydroxylation is 1. The lowest BCUT2D eigenvalue weighted by atomic mass is 10.00. The maximum absolute atomic E-state index is 13.3. The molecule has 0 aliphatic heterocycles. The zero-order valence-electron chi connectivity index (χ0n) is 16.3. The van der Waals surface area contributed by atoms with Crippen molar-refractivity contribution < 1.29 is 14.4 Å². The molecule has 150 valence electrons. The first-order chi connectivity index (χ1) is 14.0. The number of nitrogens with one attached hydrogen (secondary N) is 3. The number of fused-ring (bicyclic) bond motifs is 2. The van der Waals surface area contributed by atoms with Crippen LogP contribution < -0.4 is 10.8 Å². The first kappa shape index (κ1) is 19.4. The molecular weight excluding hydrogens is 369 g/mol. The van der Waals surface area contributed by atoms with E-state index in [-0.39, 0.29) is 5.82 Å². The third kappa shape index (κ3) is 4.09. The standard InChI is InChI=1S/C23H24FN3O2/c1-14(10-23(28)27-29)15-2-5-19-16(11-15)3-7-21(19)25-9-8-17-13-26-22-12-18(24)4-6-20(17)22/h2,4-6,10-13,21,25-26,29H,3,7-9H2,1H3,(H,27,28). The fourth-order valence-corrected chi connectivity index (χ4v) is 4.13. The molecule has 1 unspecified atom stereocenters. The second-order valence-corrected chi connectivity index (χ2v) is 7.52. The van der Waals surface area contributed by atoms with E-state index in [2.05, 4.69) is 22.4 Å². The fraction of sp³-hybridized carbons (Fsp3) is 0.261. The van der Waals surface area contributed by atoms with Crippen LogP contribution in [0.2, 0.25) is 0 Å². The van der Waals surface area contributed by atoms with Crippen LogP contribution in [0.25, 0.3) is 16.5 Å². The Bertz CT molecular complexity index is 1090. The van der Waals surface area contributed by atoms with Crippen LogP contribution in [0.4, 0.5) is 4.39 Å². The molecule has 0 radical (unpaired) electrons. The van der Waals surface area contributed by atoms with E-state index in [4.69, 9.17) is 5.21 Å². The van der Waals surface area contributed by atoms with Gasteiger partial charge in [-0.3, -0.25) is 10.0 Å². The van der Waals surface area contributed by atoms with Crippen LogP contribution >= 0.6 is 0 Å². The van der Waals surface area contributed by atoms with Crippen LogP contribution in [0.15, 0.2) is 48.7 Å². The van der Waals surface area contributed by atoms with E-state index >= 15 is 0 Å². The van der Waals surface area contributed by atoms with Gasteiger partial charge in [0, 0.05) is 29.2 Å². The summed E-state index contributed by atoms with van der Waals surface area (Å²) in [6.45, 7) is 2.69. The van der Waals surface area contributed by atoms with Crippen molar-refractivity contribution in [3.05, 3.63) is 76.7 Å². The van der Waals surface area contributed by atoms with Crippen molar-refractivity contribution in [2.75, 3.05) is 6.54 Å². The van der Waals surface area contributed by atoms with E-state index in [1.54, 1.807) is 5.48 Å². The van der Waals surface area contributed by atoms with Crippen LogP contribution in [0.3, 0.4) is 0 Å². The Morgan fingerprint density at radius 2 is 2.17 bits per heavy atom. The Kier molecular flexibility index (Phi) is 5.47. The van der Waals surface area contributed by atoms with Crippen LogP contribution in [0.1, 0.15) is 41.6 Å². The molecule has 0 bridgehead atoms. The lowest BCUT2D eigenvalue weighted by Gasteiger charge is -2.14. The topological polar surface area (TPSA) is 77.2 Å². The predicted octanol–water partition coefficient (Wildman–Crippen LogP) is 4.04. The summed E-state index contributed by atoms with van der Waals surface area (Å²) in [6.07, 6.45) is 6.25. The summed E-state index contributed by atoms with van der Waals surface area (Å²) in [5.74, 6) is -0.754. The van der Waals surface area contributed by atoms with Gasteiger partial charge in [0.25, 0.3) is 5.91 Å². The Morgan fingerprint density at radius 3 is 3.00 bits per heavy atom. The van der Waals surface area contributed by atoms with Crippen LogP contribution in [-0.2, 0) is 17.6 Å². The molecule has 4 rings (SSSR count). The lowest BCUT2D eigenvalue weighted by molar-refractivity contribution is -0.124. The zero-order valence-corrected chi connectivity index (χ0v) is 16.3. The summed E-state index contributed by atoms with van der Waals surface area (Å²) in [5, 5.41) is 13.4. The molecule has 3 aromatic rings. The van der Waals surface area contributed by atoms with Gasteiger partial charge < -0.3 is 10.3 Å². The molecule has 6 heteroatoms. The summed E-state index contributed by atoms with van der Waals surface area (Å²) in [4.78, 5) is 14.5. The van der Waals surface area contributed by atoms with Gasteiger partial charge in [-0.25, -0.2) is 9.87 Å². The number of hydrogen-bond donors (Lipinski definition) is 4. The molecule has 5 nitrogen and oxygen atoms in total. The van der Waals surface area contributed by atoms with Gasteiger partial charge in [0.05, 0.1) is 0 Å². The molecule has 0 fully saturated rings. The molecule has 2 aromatic carbocycles. The Balaban J connectivity index is 1.41. The van der Waals surface area contributed by atoms with Crippen LogP contribution in [-0.4, -0.2) is 22.6 Å². The Morgan fingerprint density at radius 1 is 1.31 bits per heavy atom. The highest BCUT2D eigenvalue weighted by Gasteiger charge is 2.22. The second-order valence-electron chi connectivity index (χ2n) is 7.52. The quantitative estimate of drug-likeness (QED) is 0.290. The number of benzene rings is 2. The van der Waals surface area contributed by atoms with Gasteiger partial charge in [0.1, 0.15) is 5.82 Å². The average molecular weight is 393 g/mol. The summed E-state index contributed by atoms with van der Waals surface area (Å²) in [6, 6.07) is 11.4. The van der Waals surface area contributed by atoms with Crippen molar-refractivity contribution in [2.45, 2.75) is 32.2 Å². The molecular formula is C23H24FN3O2. The van der Waals surface area contributed by atoms with E-state index in [1.807, 2.05) is 25.3 Å². The smallest absolute Gasteiger partial charge is 0.267 e. The number of amides is 1. The van der Waals surface area contributed by atoms with E-state index in [0.717, 1.165) is 47.8 Å². The Hall–Kier alpha value is -2.96. The monoisotopic (exact) mass is 393 g/mol. The SMILES string of the molecule is CC(=CC(=O)NO)c1ccc2c(c1)CCC2NCCc1c[nH]c2cc(F)ccc12. The number of rotatable bonds is 6.